The van der Waals surface area contributed by atoms with E-state index in [4.69, 9.17) is 0 Å². The van der Waals surface area contributed by atoms with Gasteiger partial charge in [-0.05, 0) is 39.2 Å². The summed E-state index contributed by atoms with van der Waals surface area (Å²) in [5.41, 5.74) is 1.33. The highest BCUT2D eigenvalue weighted by Gasteiger charge is 2.18. The first-order chi connectivity index (χ1) is 8.75. The third-order valence-corrected chi connectivity index (χ3v) is 3.91. The fourth-order valence-corrected chi connectivity index (χ4v) is 2.50. The lowest BCUT2D eigenvalue weighted by Crippen LogP contribution is -2.50. The second-order valence-electron chi connectivity index (χ2n) is 5.38. The average molecular weight is 250 g/mol. The molecule has 1 fully saturated rings. The number of hydrogen-bond acceptors (Lipinski definition) is 3. The second-order valence-corrected chi connectivity index (χ2v) is 5.38. The van der Waals surface area contributed by atoms with E-state index in [0.717, 1.165) is 26.1 Å². The van der Waals surface area contributed by atoms with E-state index in [1.807, 2.05) is 6.20 Å². The Labute approximate surface area is 110 Å². The summed E-state index contributed by atoms with van der Waals surface area (Å²) in [6.45, 7) is 5.76. The maximum Gasteiger partial charge on any atom is 0.0230 e. The standard InChI is InChI=1S/C14H26N4/c1-17(9-5-13-4-3-7-16-13)10-6-14-12-15-8-11-18(14)2/h3-4,7,14-16H,5-6,8-12H2,1-2H3. The van der Waals surface area contributed by atoms with Gasteiger partial charge in [0, 0.05) is 50.5 Å². The molecule has 2 N–H and O–H groups in total. The van der Waals surface area contributed by atoms with Gasteiger partial charge in [0.2, 0.25) is 0 Å². The van der Waals surface area contributed by atoms with Crippen molar-refractivity contribution >= 4 is 0 Å². The Hall–Kier alpha value is -0.840. The Morgan fingerprint density at radius 1 is 1.44 bits per heavy atom. The lowest BCUT2D eigenvalue weighted by Gasteiger charge is -2.34. The number of piperazine rings is 1. The van der Waals surface area contributed by atoms with Gasteiger partial charge in [0.25, 0.3) is 0 Å². The summed E-state index contributed by atoms with van der Waals surface area (Å²) in [7, 11) is 4.46. The van der Waals surface area contributed by atoms with E-state index in [0.29, 0.717) is 6.04 Å². The van der Waals surface area contributed by atoms with Crippen molar-refractivity contribution in [3.8, 4) is 0 Å². The number of likely N-dealkylation sites (N-methyl/N-ethyl adjacent to an activating group) is 2. The predicted octanol–water partition coefficient (Wildman–Crippen LogP) is 0.783. The van der Waals surface area contributed by atoms with Crippen molar-refractivity contribution in [2.75, 3.05) is 46.8 Å². The number of aromatic amines is 1. The number of hydrogen-bond donors (Lipinski definition) is 2. The average Bonchev–Trinajstić information content (AvgIpc) is 2.88. The molecule has 1 aliphatic rings. The zero-order valence-electron chi connectivity index (χ0n) is 11.7. The number of nitrogens with one attached hydrogen (secondary N) is 2. The topological polar surface area (TPSA) is 34.3 Å². The van der Waals surface area contributed by atoms with E-state index < -0.39 is 0 Å². The molecular weight excluding hydrogens is 224 g/mol. The normalized spacial score (nSPS) is 21.6. The fraction of sp³-hybridized carbons (Fsp3) is 0.714. The molecule has 1 aliphatic heterocycles. The molecule has 1 aromatic rings. The largest absolute Gasteiger partial charge is 0.365 e. The Balaban J connectivity index is 1.63. The molecule has 0 spiro atoms. The van der Waals surface area contributed by atoms with Crippen LogP contribution in [0.3, 0.4) is 0 Å². The predicted molar refractivity (Wildman–Crippen MR) is 75.9 cm³/mol. The molecule has 1 saturated heterocycles. The molecule has 2 rings (SSSR count). The van der Waals surface area contributed by atoms with Crippen molar-refractivity contribution < 1.29 is 0 Å². The molecule has 0 amide bonds. The molecule has 18 heavy (non-hydrogen) atoms. The van der Waals surface area contributed by atoms with Crippen LogP contribution in [-0.2, 0) is 6.42 Å². The molecule has 2 heterocycles. The van der Waals surface area contributed by atoms with Crippen molar-refractivity contribution in [1.82, 2.24) is 20.1 Å². The molecule has 0 aromatic carbocycles. The molecule has 0 radical (unpaired) electrons. The monoisotopic (exact) mass is 250 g/mol. The Bertz CT molecular complexity index is 323. The Kier molecular flexibility index (Phi) is 5.23. The third-order valence-electron chi connectivity index (χ3n) is 3.91. The summed E-state index contributed by atoms with van der Waals surface area (Å²) in [6.07, 6.45) is 4.37. The molecule has 0 aliphatic carbocycles. The highest BCUT2D eigenvalue weighted by molar-refractivity contribution is 5.03. The van der Waals surface area contributed by atoms with Crippen LogP contribution in [0.2, 0.25) is 0 Å². The first-order valence-electron chi connectivity index (χ1n) is 6.97. The lowest BCUT2D eigenvalue weighted by atomic mass is 10.1. The molecule has 4 heteroatoms. The van der Waals surface area contributed by atoms with Gasteiger partial charge in [0.1, 0.15) is 0 Å². The maximum absolute atomic E-state index is 3.48. The molecule has 1 atom stereocenters. The summed E-state index contributed by atoms with van der Waals surface area (Å²) in [6, 6.07) is 4.93. The van der Waals surface area contributed by atoms with Crippen LogP contribution in [-0.4, -0.2) is 67.6 Å². The summed E-state index contributed by atoms with van der Waals surface area (Å²) >= 11 is 0. The highest BCUT2D eigenvalue weighted by atomic mass is 15.2. The van der Waals surface area contributed by atoms with Gasteiger partial charge >= 0.3 is 0 Å². The van der Waals surface area contributed by atoms with Crippen molar-refractivity contribution in [3.63, 3.8) is 0 Å². The summed E-state index contributed by atoms with van der Waals surface area (Å²) < 4.78 is 0. The van der Waals surface area contributed by atoms with Crippen LogP contribution in [0.15, 0.2) is 18.3 Å². The van der Waals surface area contributed by atoms with Crippen LogP contribution >= 0.6 is 0 Å². The van der Waals surface area contributed by atoms with Crippen molar-refractivity contribution in [2.24, 2.45) is 0 Å². The quantitative estimate of drug-likeness (QED) is 0.783. The van der Waals surface area contributed by atoms with Crippen LogP contribution in [0.1, 0.15) is 12.1 Å². The molecule has 102 valence electrons. The molecule has 1 aromatic heterocycles. The number of nitrogens with zero attached hydrogens (tertiary/aromatic N) is 2. The SMILES string of the molecule is CN(CCc1ccc[nH]1)CCC1CNCCN1C. The number of rotatable bonds is 6. The van der Waals surface area contributed by atoms with Crippen LogP contribution < -0.4 is 5.32 Å². The first kappa shape index (κ1) is 13.6. The summed E-state index contributed by atoms with van der Waals surface area (Å²) in [5.74, 6) is 0. The van der Waals surface area contributed by atoms with Gasteiger partial charge in [-0.3, -0.25) is 0 Å². The minimum absolute atomic E-state index is 0.701. The number of aromatic nitrogens is 1. The van der Waals surface area contributed by atoms with Gasteiger partial charge in [-0.15, -0.1) is 0 Å². The third kappa shape index (κ3) is 4.12. The van der Waals surface area contributed by atoms with Gasteiger partial charge in [-0.25, -0.2) is 0 Å². The van der Waals surface area contributed by atoms with Gasteiger partial charge in [0.05, 0.1) is 0 Å². The Morgan fingerprint density at radius 2 is 2.33 bits per heavy atom. The van der Waals surface area contributed by atoms with Crippen LogP contribution in [0.25, 0.3) is 0 Å². The van der Waals surface area contributed by atoms with E-state index in [2.05, 4.69) is 46.3 Å². The van der Waals surface area contributed by atoms with E-state index in [1.165, 1.54) is 25.2 Å². The minimum atomic E-state index is 0.701. The van der Waals surface area contributed by atoms with Crippen LogP contribution in [0.5, 0.6) is 0 Å². The zero-order valence-corrected chi connectivity index (χ0v) is 11.7. The minimum Gasteiger partial charge on any atom is -0.365 e. The summed E-state index contributed by atoms with van der Waals surface area (Å²) in [5, 5.41) is 3.48. The van der Waals surface area contributed by atoms with Gasteiger partial charge < -0.3 is 20.1 Å². The lowest BCUT2D eigenvalue weighted by molar-refractivity contribution is 0.173. The van der Waals surface area contributed by atoms with Gasteiger partial charge in [0.15, 0.2) is 0 Å². The summed E-state index contributed by atoms with van der Waals surface area (Å²) in [4.78, 5) is 8.18. The molecule has 0 bridgehead atoms. The zero-order chi connectivity index (χ0) is 12.8. The maximum atomic E-state index is 3.48. The first-order valence-corrected chi connectivity index (χ1v) is 6.97. The number of H-pyrrole nitrogens is 1. The molecular formula is C14H26N4. The van der Waals surface area contributed by atoms with E-state index in [9.17, 15) is 0 Å². The van der Waals surface area contributed by atoms with Crippen LogP contribution in [0, 0.1) is 0 Å². The van der Waals surface area contributed by atoms with Gasteiger partial charge in [-0.2, -0.15) is 0 Å². The van der Waals surface area contributed by atoms with E-state index in [1.54, 1.807) is 0 Å². The van der Waals surface area contributed by atoms with Crippen LogP contribution in [0.4, 0.5) is 0 Å². The smallest absolute Gasteiger partial charge is 0.0230 e. The molecule has 0 saturated carbocycles. The Morgan fingerprint density at radius 3 is 3.06 bits per heavy atom. The van der Waals surface area contributed by atoms with Crippen molar-refractivity contribution in [2.45, 2.75) is 18.9 Å². The van der Waals surface area contributed by atoms with E-state index in [-0.39, 0.29) is 0 Å². The fourth-order valence-electron chi connectivity index (χ4n) is 2.50. The second kappa shape index (κ2) is 6.92. The molecule has 4 nitrogen and oxygen atoms in total. The molecule has 1 unspecified atom stereocenters. The highest BCUT2D eigenvalue weighted by Crippen LogP contribution is 2.06. The van der Waals surface area contributed by atoms with Gasteiger partial charge in [-0.1, -0.05) is 0 Å². The van der Waals surface area contributed by atoms with E-state index >= 15 is 0 Å². The van der Waals surface area contributed by atoms with Crippen molar-refractivity contribution in [3.05, 3.63) is 24.0 Å². The van der Waals surface area contributed by atoms with Crippen molar-refractivity contribution in [1.29, 1.82) is 0 Å².